The van der Waals surface area contributed by atoms with Gasteiger partial charge in [0.05, 0.1) is 23.0 Å². The van der Waals surface area contributed by atoms with Crippen LogP contribution in [0.15, 0.2) is 74.5 Å². The third-order valence-electron chi connectivity index (χ3n) is 5.21. The number of benzene rings is 3. The zero-order chi connectivity index (χ0) is 24.2. The van der Waals surface area contributed by atoms with Gasteiger partial charge in [0, 0.05) is 4.47 Å². The molecule has 1 heterocycles. The quantitative estimate of drug-likeness (QED) is 0.265. The van der Waals surface area contributed by atoms with Gasteiger partial charge in [0.1, 0.15) is 6.61 Å². The number of carbonyl (C=O) groups is 2. The zero-order valence-corrected chi connectivity index (χ0v) is 22.5. The van der Waals surface area contributed by atoms with E-state index in [4.69, 9.17) is 9.47 Å². The number of rotatable bonds is 7. The van der Waals surface area contributed by atoms with E-state index in [9.17, 15) is 9.59 Å². The Kier molecular flexibility index (Phi) is 7.80. The summed E-state index contributed by atoms with van der Waals surface area (Å²) in [5.41, 5.74) is 3.82. The maximum atomic E-state index is 13.0. The van der Waals surface area contributed by atoms with E-state index in [0.717, 1.165) is 32.9 Å². The van der Waals surface area contributed by atoms with Crippen LogP contribution in [0.2, 0.25) is 0 Å². The number of halogens is 2. The molecule has 0 spiro atoms. The third-order valence-corrected chi connectivity index (χ3v) is 7.48. The van der Waals surface area contributed by atoms with Crippen LogP contribution in [0.3, 0.4) is 0 Å². The molecule has 34 heavy (non-hydrogen) atoms. The van der Waals surface area contributed by atoms with Gasteiger partial charge in [-0.2, -0.15) is 0 Å². The van der Waals surface area contributed by atoms with Crippen molar-refractivity contribution in [3.05, 3.63) is 96.8 Å². The monoisotopic (exact) mass is 601 g/mol. The number of methoxy groups -OCH3 is 1. The summed E-state index contributed by atoms with van der Waals surface area (Å²) in [5.74, 6) is 0.781. The number of nitrogens with zero attached hydrogens (tertiary/aromatic N) is 1. The normalized spacial score (nSPS) is 14.7. The molecule has 8 heteroatoms. The number of hydrogen-bond donors (Lipinski definition) is 0. The van der Waals surface area contributed by atoms with Crippen LogP contribution in [0, 0.1) is 6.92 Å². The highest BCUT2D eigenvalue weighted by molar-refractivity contribution is 9.10. The second kappa shape index (κ2) is 10.8. The smallest absolute Gasteiger partial charge is 0.293 e. The average molecular weight is 603 g/mol. The summed E-state index contributed by atoms with van der Waals surface area (Å²) in [7, 11) is 1.57. The summed E-state index contributed by atoms with van der Waals surface area (Å²) in [5, 5.41) is -0.295. The topological polar surface area (TPSA) is 55.8 Å². The average Bonchev–Trinajstić information content (AvgIpc) is 3.07. The fourth-order valence-corrected chi connectivity index (χ4v) is 5.21. The SMILES string of the molecule is COc1cc(/C=C2\SC(=O)N(Cc3ccccc3Br)C2=O)cc(Br)c1OCc1ccc(C)cc1. The number of ether oxygens (including phenoxy) is 2. The molecule has 4 rings (SSSR count). The van der Waals surface area contributed by atoms with E-state index in [1.165, 1.54) is 10.5 Å². The largest absolute Gasteiger partial charge is 0.493 e. The lowest BCUT2D eigenvalue weighted by Gasteiger charge is -2.14. The van der Waals surface area contributed by atoms with Crippen LogP contribution in [-0.4, -0.2) is 23.2 Å². The molecule has 5 nitrogen and oxygen atoms in total. The summed E-state index contributed by atoms with van der Waals surface area (Å²) in [4.78, 5) is 27.1. The summed E-state index contributed by atoms with van der Waals surface area (Å²) >= 11 is 7.96. The van der Waals surface area contributed by atoms with Crippen molar-refractivity contribution >= 4 is 60.8 Å². The van der Waals surface area contributed by atoms with Crippen LogP contribution in [-0.2, 0) is 17.9 Å². The van der Waals surface area contributed by atoms with Gasteiger partial charge in [0.25, 0.3) is 11.1 Å². The Morgan fingerprint density at radius 2 is 1.74 bits per heavy atom. The van der Waals surface area contributed by atoms with Gasteiger partial charge in [-0.3, -0.25) is 14.5 Å². The van der Waals surface area contributed by atoms with E-state index < -0.39 is 0 Å². The van der Waals surface area contributed by atoms with Gasteiger partial charge in [-0.15, -0.1) is 0 Å². The van der Waals surface area contributed by atoms with Gasteiger partial charge in [-0.1, -0.05) is 64.0 Å². The summed E-state index contributed by atoms with van der Waals surface area (Å²) in [6.07, 6.45) is 1.70. The summed E-state index contributed by atoms with van der Waals surface area (Å²) in [6.45, 7) is 2.64. The van der Waals surface area contributed by atoms with E-state index in [-0.39, 0.29) is 17.7 Å². The molecule has 0 aromatic heterocycles. The zero-order valence-electron chi connectivity index (χ0n) is 18.5. The van der Waals surface area contributed by atoms with Gasteiger partial charge in [-0.05, 0) is 75.6 Å². The molecule has 2 amide bonds. The van der Waals surface area contributed by atoms with Crippen LogP contribution >= 0.6 is 43.6 Å². The number of carbonyl (C=O) groups excluding carboxylic acids is 2. The molecule has 174 valence electrons. The van der Waals surface area contributed by atoms with E-state index in [1.807, 2.05) is 61.5 Å². The fourth-order valence-electron chi connectivity index (χ4n) is 3.39. The maximum Gasteiger partial charge on any atom is 0.293 e. The lowest BCUT2D eigenvalue weighted by Crippen LogP contribution is -2.27. The highest BCUT2D eigenvalue weighted by atomic mass is 79.9. The van der Waals surface area contributed by atoms with Crippen molar-refractivity contribution < 1.29 is 19.1 Å². The van der Waals surface area contributed by atoms with Crippen LogP contribution in [0.5, 0.6) is 11.5 Å². The number of hydrogen-bond acceptors (Lipinski definition) is 5. The first-order chi connectivity index (χ1) is 16.4. The minimum absolute atomic E-state index is 0.211. The first-order valence-corrected chi connectivity index (χ1v) is 12.8. The summed E-state index contributed by atoms with van der Waals surface area (Å²) in [6, 6.07) is 19.3. The molecule has 1 saturated heterocycles. The van der Waals surface area contributed by atoms with Crippen molar-refractivity contribution in [2.75, 3.05) is 7.11 Å². The molecular formula is C26H21Br2NO4S. The molecule has 1 aliphatic rings. The van der Waals surface area contributed by atoms with Gasteiger partial charge in [0.15, 0.2) is 11.5 Å². The number of aryl methyl sites for hydroxylation is 1. The van der Waals surface area contributed by atoms with Gasteiger partial charge in [-0.25, -0.2) is 0 Å². The van der Waals surface area contributed by atoms with E-state index in [2.05, 4.69) is 31.9 Å². The lowest BCUT2D eigenvalue weighted by atomic mass is 10.1. The Balaban J connectivity index is 1.53. The first-order valence-electron chi connectivity index (χ1n) is 10.4. The second-order valence-electron chi connectivity index (χ2n) is 7.67. The standard InChI is InChI=1S/C26H21Br2NO4S/c1-16-7-9-17(10-8-16)15-33-24-21(28)11-18(12-22(24)32-2)13-23-25(30)29(26(31)34-23)14-19-5-3-4-6-20(19)27/h3-13H,14-15H2,1-2H3/b23-13-. The highest BCUT2D eigenvalue weighted by Gasteiger charge is 2.35. The van der Waals surface area contributed by atoms with Crippen molar-refractivity contribution in [1.82, 2.24) is 4.90 Å². The van der Waals surface area contributed by atoms with E-state index >= 15 is 0 Å². The van der Waals surface area contributed by atoms with Crippen molar-refractivity contribution in [3.63, 3.8) is 0 Å². The fraction of sp³-hybridized carbons (Fsp3) is 0.154. The molecule has 1 aliphatic heterocycles. The number of imide groups is 1. The number of amides is 2. The molecule has 0 bridgehead atoms. The molecular weight excluding hydrogens is 582 g/mol. The molecule has 3 aromatic rings. The predicted octanol–water partition coefficient (Wildman–Crippen LogP) is 7.34. The molecule has 3 aromatic carbocycles. The van der Waals surface area contributed by atoms with Crippen LogP contribution < -0.4 is 9.47 Å². The third kappa shape index (κ3) is 5.56. The lowest BCUT2D eigenvalue weighted by molar-refractivity contribution is -0.123. The minimum Gasteiger partial charge on any atom is -0.493 e. The van der Waals surface area contributed by atoms with Gasteiger partial charge in [0.2, 0.25) is 0 Å². The molecule has 0 saturated carbocycles. The Bertz CT molecular complexity index is 1270. The van der Waals surface area contributed by atoms with Gasteiger partial charge >= 0.3 is 0 Å². The molecule has 0 atom stereocenters. The number of thioether (sulfide) groups is 1. The van der Waals surface area contributed by atoms with Crippen molar-refractivity contribution in [1.29, 1.82) is 0 Å². The van der Waals surface area contributed by atoms with Crippen molar-refractivity contribution in [2.45, 2.75) is 20.1 Å². The Labute approximate surface area is 219 Å². The van der Waals surface area contributed by atoms with Crippen LogP contribution in [0.25, 0.3) is 6.08 Å². The van der Waals surface area contributed by atoms with E-state index in [1.54, 1.807) is 19.3 Å². The second-order valence-corrected chi connectivity index (χ2v) is 10.4. The minimum atomic E-state index is -0.319. The molecule has 0 aliphatic carbocycles. The molecule has 1 fully saturated rings. The Morgan fingerprint density at radius 3 is 2.44 bits per heavy atom. The first kappa shape index (κ1) is 24.6. The summed E-state index contributed by atoms with van der Waals surface area (Å²) < 4.78 is 13.1. The molecule has 0 N–H and O–H groups in total. The van der Waals surface area contributed by atoms with Crippen LogP contribution in [0.4, 0.5) is 4.79 Å². The predicted molar refractivity (Wildman–Crippen MR) is 142 cm³/mol. The Morgan fingerprint density at radius 1 is 1.00 bits per heavy atom. The van der Waals surface area contributed by atoms with E-state index in [0.29, 0.717) is 27.5 Å². The van der Waals surface area contributed by atoms with Crippen molar-refractivity contribution in [2.24, 2.45) is 0 Å². The highest BCUT2D eigenvalue weighted by Crippen LogP contribution is 2.40. The molecule has 0 radical (unpaired) electrons. The van der Waals surface area contributed by atoms with Crippen molar-refractivity contribution in [3.8, 4) is 11.5 Å². The molecule has 0 unspecified atom stereocenters. The maximum absolute atomic E-state index is 13.0. The van der Waals surface area contributed by atoms with Crippen LogP contribution in [0.1, 0.15) is 22.3 Å². The van der Waals surface area contributed by atoms with Gasteiger partial charge < -0.3 is 9.47 Å². The Hall–Kier alpha value is -2.55.